The Balaban J connectivity index is 1.59. The predicted octanol–water partition coefficient (Wildman–Crippen LogP) is 5.06. The molecule has 21 heavy (non-hydrogen) atoms. The summed E-state index contributed by atoms with van der Waals surface area (Å²) in [5.74, 6) is 3.95. The smallest absolute Gasteiger partial charge is 0.0700 e. The summed E-state index contributed by atoms with van der Waals surface area (Å²) in [6, 6.07) is 0. The number of methoxy groups -OCH3 is 1. The van der Waals surface area contributed by atoms with Crippen LogP contribution in [0.15, 0.2) is 0 Å². The zero-order chi connectivity index (χ0) is 14.9. The van der Waals surface area contributed by atoms with Crippen molar-refractivity contribution in [2.45, 2.75) is 71.1 Å². The van der Waals surface area contributed by atoms with E-state index in [2.05, 4.69) is 6.92 Å². The van der Waals surface area contributed by atoms with Gasteiger partial charge in [-0.05, 0) is 62.2 Å². The molecule has 2 rings (SSSR count). The van der Waals surface area contributed by atoms with Gasteiger partial charge in [-0.2, -0.15) is 0 Å². The van der Waals surface area contributed by atoms with Crippen molar-refractivity contribution in [3.8, 4) is 0 Å². The molecular weight excluding hydrogens is 260 g/mol. The molecule has 2 heteroatoms. The Morgan fingerprint density at radius 2 is 1.33 bits per heavy atom. The van der Waals surface area contributed by atoms with Crippen molar-refractivity contribution in [1.82, 2.24) is 0 Å². The second-order valence-corrected chi connectivity index (χ2v) is 7.42. The van der Waals surface area contributed by atoms with Gasteiger partial charge in [0.2, 0.25) is 0 Å². The molecule has 2 aliphatic carbocycles. The number of hydrogen-bond acceptors (Lipinski definition) is 2. The summed E-state index contributed by atoms with van der Waals surface area (Å²) in [5, 5.41) is 0. The van der Waals surface area contributed by atoms with Crippen LogP contribution in [0.4, 0.5) is 0 Å². The van der Waals surface area contributed by atoms with Gasteiger partial charge in [0, 0.05) is 13.7 Å². The fourth-order valence-corrected chi connectivity index (χ4v) is 4.58. The predicted molar refractivity (Wildman–Crippen MR) is 88.5 cm³/mol. The van der Waals surface area contributed by atoms with Crippen molar-refractivity contribution in [2.24, 2.45) is 23.7 Å². The molecule has 2 aliphatic rings. The van der Waals surface area contributed by atoms with E-state index in [1.807, 2.05) is 0 Å². The molecule has 0 heterocycles. The first-order chi connectivity index (χ1) is 10.3. The van der Waals surface area contributed by atoms with Crippen LogP contribution in [-0.2, 0) is 9.47 Å². The summed E-state index contributed by atoms with van der Waals surface area (Å²) in [6.07, 6.45) is 14.6. The highest BCUT2D eigenvalue weighted by molar-refractivity contribution is 4.82. The Kier molecular flexibility index (Phi) is 8.10. The molecule has 0 amide bonds. The monoisotopic (exact) mass is 296 g/mol. The highest BCUT2D eigenvalue weighted by Gasteiger charge is 2.30. The Morgan fingerprint density at radius 3 is 1.86 bits per heavy atom. The molecule has 0 saturated heterocycles. The van der Waals surface area contributed by atoms with Gasteiger partial charge in [0.25, 0.3) is 0 Å². The van der Waals surface area contributed by atoms with Crippen LogP contribution in [-0.4, -0.2) is 26.9 Å². The zero-order valence-electron chi connectivity index (χ0n) is 14.3. The average Bonchev–Trinajstić information content (AvgIpc) is 2.53. The maximum atomic E-state index is 5.71. The second kappa shape index (κ2) is 9.84. The van der Waals surface area contributed by atoms with Crippen molar-refractivity contribution in [3.63, 3.8) is 0 Å². The summed E-state index contributed by atoms with van der Waals surface area (Å²) < 4.78 is 10.7. The molecule has 0 aliphatic heterocycles. The largest absolute Gasteiger partial charge is 0.382 e. The summed E-state index contributed by atoms with van der Waals surface area (Å²) >= 11 is 0. The molecule has 0 radical (unpaired) electrons. The van der Waals surface area contributed by atoms with E-state index in [0.29, 0.717) is 0 Å². The second-order valence-electron chi connectivity index (χ2n) is 7.42. The van der Waals surface area contributed by atoms with Crippen LogP contribution in [0.25, 0.3) is 0 Å². The molecule has 2 nitrogen and oxygen atoms in total. The Hall–Kier alpha value is -0.0800. The lowest BCUT2D eigenvalue weighted by atomic mass is 9.69. The number of ether oxygens (including phenoxy) is 2. The molecule has 0 spiro atoms. The van der Waals surface area contributed by atoms with E-state index < -0.39 is 0 Å². The van der Waals surface area contributed by atoms with E-state index in [9.17, 15) is 0 Å². The number of hydrogen-bond donors (Lipinski definition) is 0. The van der Waals surface area contributed by atoms with Crippen LogP contribution in [0.1, 0.15) is 71.1 Å². The maximum absolute atomic E-state index is 5.71. The van der Waals surface area contributed by atoms with Crippen LogP contribution in [0.2, 0.25) is 0 Å². The van der Waals surface area contributed by atoms with Crippen LogP contribution < -0.4 is 0 Å². The number of rotatable bonds is 8. The molecular formula is C19H36O2. The van der Waals surface area contributed by atoms with E-state index in [-0.39, 0.29) is 0 Å². The van der Waals surface area contributed by atoms with Gasteiger partial charge in [-0.15, -0.1) is 0 Å². The van der Waals surface area contributed by atoms with Gasteiger partial charge in [0.05, 0.1) is 13.2 Å². The normalized spacial score (nSPS) is 34.0. The third-order valence-electron chi connectivity index (χ3n) is 5.93. The quantitative estimate of drug-likeness (QED) is 0.583. The first-order valence-electron chi connectivity index (χ1n) is 9.40. The van der Waals surface area contributed by atoms with Gasteiger partial charge in [0.1, 0.15) is 0 Å². The van der Waals surface area contributed by atoms with E-state index >= 15 is 0 Å². The van der Waals surface area contributed by atoms with Crippen LogP contribution >= 0.6 is 0 Å². The van der Waals surface area contributed by atoms with Gasteiger partial charge in [-0.25, -0.2) is 0 Å². The van der Waals surface area contributed by atoms with Gasteiger partial charge in [-0.1, -0.05) is 32.6 Å². The van der Waals surface area contributed by atoms with Crippen LogP contribution in [0.3, 0.4) is 0 Å². The highest BCUT2D eigenvalue weighted by atomic mass is 16.5. The first-order valence-corrected chi connectivity index (χ1v) is 9.40. The van der Waals surface area contributed by atoms with Gasteiger partial charge >= 0.3 is 0 Å². The van der Waals surface area contributed by atoms with Crippen molar-refractivity contribution < 1.29 is 9.47 Å². The average molecular weight is 296 g/mol. The molecule has 0 N–H and O–H groups in total. The van der Waals surface area contributed by atoms with E-state index in [0.717, 1.165) is 43.5 Å². The van der Waals surface area contributed by atoms with Crippen molar-refractivity contribution in [1.29, 1.82) is 0 Å². The third kappa shape index (κ3) is 5.90. The molecule has 0 unspecified atom stereocenters. The molecule has 0 aromatic carbocycles. The molecule has 2 fully saturated rings. The topological polar surface area (TPSA) is 18.5 Å². The molecule has 0 aromatic heterocycles. The summed E-state index contributed by atoms with van der Waals surface area (Å²) in [6.45, 7) is 4.79. The lowest BCUT2D eigenvalue weighted by molar-refractivity contribution is 0.0342. The SMILES string of the molecule is CCCC1CCC(C2CCC(COCCOC)CC2)CC1. The molecule has 0 bridgehead atoms. The lowest BCUT2D eigenvalue weighted by Gasteiger charge is -2.37. The van der Waals surface area contributed by atoms with Gasteiger partial charge < -0.3 is 9.47 Å². The Bertz CT molecular complexity index is 250. The molecule has 2 saturated carbocycles. The summed E-state index contributed by atoms with van der Waals surface area (Å²) in [5.41, 5.74) is 0. The van der Waals surface area contributed by atoms with Crippen molar-refractivity contribution in [3.05, 3.63) is 0 Å². The van der Waals surface area contributed by atoms with Gasteiger partial charge in [0.15, 0.2) is 0 Å². The molecule has 0 aromatic rings. The highest BCUT2D eigenvalue weighted by Crippen LogP contribution is 2.42. The minimum atomic E-state index is 0.732. The fraction of sp³-hybridized carbons (Fsp3) is 1.00. The van der Waals surface area contributed by atoms with E-state index in [4.69, 9.17) is 9.47 Å². The summed E-state index contributed by atoms with van der Waals surface area (Å²) in [4.78, 5) is 0. The molecule has 124 valence electrons. The fourth-order valence-electron chi connectivity index (χ4n) is 4.58. The van der Waals surface area contributed by atoms with E-state index in [1.54, 1.807) is 7.11 Å². The lowest BCUT2D eigenvalue weighted by Crippen LogP contribution is -2.27. The zero-order valence-corrected chi connectivity index (χ0v) is 14.3. The first kappa shape index (κ1) is 17.3. The maximum Gasteiger partial charge on any atom is 0.0700 e. The Morgan fingerprint density at radius 1 is 0.762 bits per heavy atom. The standard InChI is InChI=1S/C19H36O2/c1-3-4-16-5-9-18(10-6-16)19-11-7-17(8-12-19)15-21-14-13-20-2/h16-19H,3-15H2,1-2H3. The van der Waals surface area contributed by atoms with Crippen LogP contribution in [0.5, 0.6) is 0 Å². The Labute approximate surface area is 132 Å². The van der Waals surface area contributed by atoms with Crippen molar-refractivity contribution >= 4 is 0 Å². The van der Waals surface area contributed by atoms with Crippen molar-refractivity contribution in [2.75, 3.05) is 26.9 Å². The van der Waals surface area contributed by atoms with E-state index in [1.165, 1.54) is 64.2 Å². The molecule has 0 atom stereocenters. The van der Waals surface area contributed by atoms with Gasteiger partial charge in [-0.3, -0.25) is 0 Å². The minimum Gasteiger partial charge on any atom is -0.382 e. The summed E-state index contributed by atoms with van der Waals surface area (Å²) in [7, 11) is 1.74. The minimum absolute atomic E-state index is 0.732. The van der Waals surface area contributed by atoms with Crippen LogP contribution in [0, 0.1) is 23.7 Å². The third-order valence-corrected chi connectivity index (χ3v) is 5.93.